The van der Waals surface area contributed by atoms with Gasteiger partial charge in [0.1, 0.15) is 11.7 Å². The highest BCUT2D eigenvalue weighted by Gasteiger charge is 2.58. The van der Waals surface area contributed by atoms with Crippen LogP contribution in [0, 0.1) is 5.41 Å². The Labute approximate surface area is 91.3 Å². The molecule has 2 heteroatoms. The molecular weight excluding hydrogens is 188 g/mol. The molecule has 2 fully saturated rings. The molecule has 1 heterocycles. The van der Waals surface area contributed by atoms with Crippen molar-refractivity contribution in [2.45, 2.75) is 56.7 Å². The molecule has 15 heavy (non-hydrogen) atoms. The predicted molar refractivity (Wildman–Crippen MR) is 58.6 cm³/mol. The number of aliphatic hydroxyl groups is 1. The van der Waals surface area contributed by atoms with Gasteiger partial charge in [-0.2, -0.15) is 0 Å². The normalized spacial score (nSPS) is 43.1. The van der Waals surface area contributed by atoms with E-state index in [-0.39, 0.29) is 17.1 Å². The summed E-state index contributed by atoms with van der Waals surface area (Å²) in [6.07, 6.45) is 12.2. The van der Waals surface area contributed by atoms with Crippen molar-refractivity contribution in [1.29, 1.82) is 0 Å². The summed E-state index contributed by atoms with van der Waals surface area (Å²) in [4.78, 5) is 0. The van der Waals surface area contributed by atoms with Gasteiger partial charge < -0.3 is 9.84 Å². The summed E-state index contributed by atoms with van der Waals surface area (Å²) in [5.41, 5.74) is 0.0376. The second kappa shape index (κ2) is 3.33. The van der Waals surface area contributed by atoms with Gasteiger partial charge in [0, 0.05) is 12.0 Å². The second-order valence-electron chi connectivity index (χ2n) is 5.41. The monoisotopic (exact) mass is 208 g/mol. The predicted octanol–water partition coefficient (Wildman–Crippen LogP) is 2.42. The summed E-state index contributed by atoms with van der Waals surface area (Å²) in [6, 6.07) is 0. The van der Waals surface area contributed by atoms with E-state index in [1.807, 2.05) is 6.08 Å². The molecule has 2 aliphatic carbocycles. The molecule has 2 atom stereocenters. The maximum absolute atomic E-state index is 10.3. The van der Waals surface area contributed by atoms with Crippen LogP contribution in [0.5, 0.6) is 0 Å². The van der Waals surface area contributed by atoms with Crippen LogP contribution in [0.2, 0.25) is 0 Å². The first-order valence-corrected chi connectivity index (χ1v) is 6.28. The SMILES string of the molecule is OC1C=CCC2(CCCC2)C12CCCO2. The highest BCUT2D eigenvalue weighted by atomic mass is 16.5. The van der Waals surface area contributed by atoms with Crippen molar-refractivity contribution in [1.82, 2.24) is 0 Å². The number of aliphatic hydroxyl groups excluding tert-OH is 1. The number of hydrogen-bond acceptors (Lipinski definition) is 2. The molecule has 2 unspecified atom stereocenters. The summed E-state index contributed by atoms with van der Waals surface area (Å²) in [5, 5.41) is 10.3. The number of ether oxygens (including phenoxy) is 1. The van der Waals surface area contributed by atoms with Crippen LogP contribution in [-0.2, 0) is 4.74 Å². The first-order chi connectivity index (χ1) is 7.29. The quantitative estimate of drug-likeness (QED) is 0.619. The molecule has 0 aromatic rings. The van der Waals surface area contributed by atoms with Crippen LogP contribution < -0.4 is 0 Å². The van der Waals surface area contributed by atoms with Crippen LogP contribution >= 0.6 is 0 Å². The zero-order valence-corrected chi connectivity index (χ0v) is 9.24. The summed E-state index contributed by atoms with van der Waals surface area (Å²) in [7, 11) is 0. The lowest BCUT2D eigenvalue weighted by Crippen LogP contribution is -2.55. The average Bonchev–Trinajstić information content (AvgIpc) is 2.84. The van der Waals surface area contributed by atoms with Gasteiger partial charge in [0.05, 0.1) is 0 Å². The molecule has 0 radical (unpaired) electrons. The second-order valence-corrected chi connectivity index (χ2v) is 5.41. The molecule has 0 aromatic heterocycles. The minimum atomic E-state index is -0.369. The highest BCUT2D eigenvalue weighted by molar-refractivity contribution is 5.19. The third kappa shape index (κ3) is 1.18. The van der Waals surface area contributed by atoms with E-state index in [4.69, 9.17) is 4.74 Å². The molecular formula is C13H20O2. The summed E-state index contributed by atoms with van der Waals surface area (Å²) in [6.45, 7) is 0.840. The number of allylic oxidation sites excluding steroid dienone is 1. The van der Waals surface area contributed by atoms with Gasteiger partial charge in [-0.1, -0.05) is 25.0 Å². The van der Waals surface area contributed by atoms with E-state index in [0.29, 0.717) is 0 Å². The summed E-state index contributed by atoms with van der Waals surface area (Å²) < 4.78 is 6.03. The van der Waals surface area contributed by atoms with Crippen molar-refractivity contribution in [2.75, 3.05) is 6.61 Å². The Morgan fingerprint density at radius 3 is 2.60 bits per heavy atom. The highest BCUT2D eigenvalue weighted by Crippen LogP contribution is 2.57. The molecule has 3 aliphatic rings. The Kier molecular flexibility index (Phi) is 2.18. The van der Waals surface area contributed by atoms with Crippen molar-refractivity contribution in [3.8, 4) is 0 Å². The number of rotatable bonds is 0. The van der Waals surface area contributed by atoms with E-state index < -0.39 is 0 Å². The minimum absolute atomic E-state index is 0.224. The van der Waals surface area contributed by atoms with Crippen molar-refractivity contribution in [2.24, 2.45) is 5.41 Å². The lowest BCUT2D eigenvalue weighted by molar-refractivity contribution is -0.157. The van der Waals surface area contributed by atoms with E-state index in [9.17, 15) is 5.11 Å². The maximum Gasteiger partial charge on any atom is 0.103 e. The van der Waals surface area contributed by atoms with E-state index in [2.05, 4.69) is 6.08 Å². The number of fused-ring (bicyclic) bond motifs is 1. The van der Waals surface area contributed by atoms with Gasteiger partial charge in [-0.05, 0) is 32.1 Å². The van der Waals surface area contributed by atoms with Crippen LogP contribution in [0.1, 0.15) is 44.9 Å². The maximum atomic E-state index is 10.3. The topological polar surface area (TPSA) is 29.5 Å². The zero-order chi connectivity index (χ0) is 10.4. The Hall–Kier alpha value is -0.340. The van der Waals surface area contributed by atoms with Crippen molar-refractivity contribution in [3.05, 3.63) is 12.2 Å². The van der Waals surface area contributed by atoms with Crippen LogP contribution in [0.3, 0.4) is 0 Å². The molecule has 0 amide bonds. The van der Waals surface area contributed by atoms with Gasteiger partial charge in [0.2, 0.25) is 0 Å². The molecule has 1 N–H and O–H groups in total. The van der Waals surface area contributed by atoms with E-state index in [1.54, 1.807) is 0 Å². The van der Waals surface area contributed by atoms with Crippen molar-refractivity contribution >= 4 is 0 Å². The van der Waals surface area contributed by atoms with Crippen molar-refractivity contribution in [3.63, 3.8) is 0 Å². The Morgan fingerprint density at radius 1 is 1.13 bits per heavy atom. The van der Waals surface area contributed by atoms with Gasteiger partial charge in [-0.25, -0.2) is 0 Å². The lowest BCUT2D eigenvalue weighted by atomic mass is 9.62. The molecule has 1 aliphatic heterocycles. The van der Waals surface area contributed by atoms with Gasteiger partial charge in [0.25, 0.3) is 0 Å². The van der Waals surface area contributed by atoms with E-state index in [0.717, 1.165) is 25.9 Å². The molecule has 2 spiro atoms. The fourth-order valence-corrected chi connectivity index (χ4v) is 4.06. The molecule has 1 saturated carbocycles. The van der Waals surface area contributed by atoms with E-state index >= 15 is 0 Å². The molecule has 3 rings (SSSR count). The first kappa shape index (κ1) is 9.86. The van der Waals surface area contributed by atoms with Crippen LogP contribution in [-0.4, -0.2) is 23.4 Å². The molecule has 0 aromatic carbocycles. The zero-order valence-electron chi connectivity index (χ0n) is 9.24. The molecule has 1 saturated heterocycles. The fraction of sp³-hybridized carbons (Fsp3) is 0.846. The third-order valence-corrected chi connectivity index (χ3v) is 4.82. The third-order valence-electron chi connectivity index (χ3n) is 4.82. The van der Waals surface area contributed by atoms with Crippen molar-refractivity contribution < 1.29 is 9.84 Å². The molecule has 84 valence electrons. The lowest BCUT2D eigenvalue weighted by Gasteiger charge is -2.50. The van der Waals surface area contributed by atoms with Gasteiger partial charge in [-0.15, -0.1) is 0 Å². The standard InChI is InChI=1S/C13H20O2/c14-11-5-3-8-12(6-1-2-7-12)13(11)9-4-10-15-13/h3,5,11,14H,1-2,4,6-10H2. The first-order valence-electron chi connectivity index (χ1n) is 6.28. The Morgan fingerprint density at radius 2 is 1.93 bits per heavy atom. The van der Waals surface area contributed by atoms with Crippen LogP contribution in [0.25, 0.3) is 0 Å². The van der Waals surface area contributed by atoms with Crippen LogP contribution in [0.15, 0.2) is 12.2 Å². The Bertz CT molecular complexity index is 270. The van der Waals surface area contributed by atoms with Gasteiger partial charge in [-0.3, -0.25) is 0 Å². The van der Waals surface area contributed by atoms with Gasteiger partial charge in [0.15, 0.2) is 0 Å². The summed E-state index contributed by atoms with van der Waals surface area (Å²) >= 11 is 0. The molecule has 0 bridgehead atoms. The average molecular weight is 208 g/mol. The van der Waals surface area contributed by atoms with E-state index in [1.165, 1.54) is 25.7 Å². The van der Waals surface area contributed by atoms with Crippen LogP contribution in [0.4, 0.5) is 0 Å². The van der Waals surface area contributed by atoms with Gasteiger partial charge >= 0.3 is 0 Å². The smallest absolute Gasteiger partial charge is 0.103 e. The number of hydrogen-bond donors (Lipinski definition) is 1. The minimum Gasteiger partial charge on any atom is -0.386 e. The Balaban J connectivity index is 2.01. The largest absolute Gasteiger partial charge is 0.386 e. The fourth-order valence-electron chi connectivity index (χ4n) is 4.06. The summed E-state index contributed by atoms with van der Waals surface area (Å²) in [5.74, 6) is 0. The molecule has 2 nitrogen and oxygen atoms in total.